The minimum absolute atomic E-state index is 0.126. The number of sulfone groups is 1. The molecule has 4 N–H and O–H groups in total. The zero-order chi connectivity index (χ0) is 24.1. The molecule has 3 rings (SSSR count). The van der Waals surface area contributed by atoms with Crippen LogP contribution in [0, 0.1) is 0 Å². The molecule has 0 aliphatic heterocycles. The quantitative estimate of drug-likeness (QED) is 0.467. The summed E-state index contributed by atoms with van der Waals surface area (Å²) in [7, 11) is -0.531. The van der Waals surface area contributed by atoms with Crippen molar-refractivity contribution in [1.82, 2.24) is 0 Å². The molecule has 0 saturated heterocycles. The highest BCUT2D eigenvalue weighted by atomic mass is 32.2. The number of aliphatic hydroxyl groups is 1. The number of aliphatic hydroxyl groups excluding tert-OH is 1. The van der Waals surface area contributed by atoms with Gasteiger partial charge in [-0.25, -0.2) is 13.2 Å². The molecule has 170 valence electrons. The maximum Gasteiger partial charge on any atom is 0.413 e. The molecule has 11 heteroatoms. The summed E-state index contributed by atoms with van der Waals surface area (Å²) in [6.07, 6.45) is 1.93. The Labute approximate surface area is 185 Å². The van der Waals surface area contributed by atoms with Gasteiger partial charge in [-0.3, -0.25) is 4.90 Å². The summed E-state index contributed by atoms with van der Waals surface area (Å²) in [5, 5.41) is 20.5. The molecule has 1 amide bonds. The molecule has 0 spiro atoms. The van der Waals surface area contributed by atoms with E-state index in [1.807, 2.05) is 24.3 Å². The third kappa shape index (κ3) is 5.33. The third-order valence-corrected chi connectivity index (χ3v) is 6.51. The lowest BCUT2D eigenvalue weighted by atomic mass is 10.1. The Bertz CT molecular complexity index is 1250. The van der Waals surface area contributed by atoms with Crippen molar-refractivity contribution in [2.45, 2.75) is 13.0 Å². The first kappa shape index (κ1) is 24.6. The number of rotatable bonds is 3. The van der Waals surface area contributed by atoms with E-state index in [4.69, 9.17) is 11.3 Å². The lowest BCUT2D eigenvalue weighted by molar-refractivity contribution is -0.00827. The number of fused-ring (bicyclic) bond motifs is 1. The zero-order valence-corrected chi connectivity index (χ0v) is 18.6. The predicted octanol–water partition coefficient (Wildman–Crippen LogP) is 2.51. The van der Waals surface area contributed by atoms with Gasteiger partial charge in [0, 0.05) is 12.7 Å². The number of carbonyl (C=O) groups excluding carboxylic acids is 1. The largest absolute Gasteiger partial charge is 0.510 e. The van der Waals surface area contributed by atoms with Crippen LogP contribution in [-0.4, -0.2) is 61.2 Å². The number of hydrogen-bond acceptors (Lipinski definition) is 7. The fourth-order valence-corrected chi connectivity index (χ4v) is 3.92. The van der Waals surface area contributed by atoms with Crippen LogP contribution in [0.15, 0.2) is 59.2 Å². The van der Waals surface area contributed by atoms with Crippen LogP contribution in [0.2, 0.25) is 0 Å². The highest BCUT2D eigenvalue weighted by Crippen LogP contribution is 2.25. The Morgan fingerprint density at radius 3 is 2.44 bits per heavy atom. The van der Waals surface area contributed by atoms with Crippen LogP contribution in [0.25, 0.3) is 16.3 Å². The molecule has 32 heavy (non-hydrogen) atoms. The Hall–Kier alpha value is -3.66. The first-order valence-corrected chi connectivity index (χ1v) is 11.1. The van der Waals surface area contributed by atoms with Crippen LogP contribution in [0.4, 0.5) is 10.5 Å². The molecule has 1 aliphatic carbocycles. The molecule has 0 aromatic heterocycles. The molecule has 0 radical (unpaired) electrons. The van der Waals surface area contributed by atoms with Crippen molar-refractivity contribution in [1.29, 1.82) is 0 Å². The molecule has 1 unspecified atom stereocenters. The molecular weight excluding hydrogens is 436 g/mol. The highest BCUT2D eigenvalue weighted by Gasteiger charge is 2.36. The maximum atomic E-state index is 11.5. The van der Waals surface area contributed by atoms with Gasteiger partial charge in [-0.1, -0.05) is 19.1 Å². The van der Waals surface area contributed by atoms with Crippen molar-refractivity contribution in [2.75, 3.05) is 24.8 Å². The standard InChI is InChI=1S/C13H13NO3.C8H11N3O3S/c1-14(13(16)17-2)11-5-3-9-4-6-12(15)8-10(9)7-11;1-2-15(13,14)6-4-3-5(12)7(9)8(6)11-10/h3-8,15H,1-2H3;3-4,7,12H,2,9H2,1H3. The summed E-state index contributed by atoms with van der Waals surface area (Å²) in [4.78, 5) is 15.4. The van der Waals surface area contributed by atoms with Gasteiger partial charge < -0.3 is 26.2 Å². The number of phenolic OH excluding ortho intramolecular Hbond substituents is 1. The number of methoxy groups -OCH3 is 1. The molecule has 0 bridgehead atoms. The van der Waals surface area contributed by atoms with Crippen molar-refractivity contribution in [3.8, 4) is 5.75 Å². The van der Waals surface area contributed by atoms with Gasteiger partial charge in [-0.05, 0) is 47.2 Å². The van der Waals surface area contributed by atoms with E-state index in [0.29, 0.717) is 0 Å². The summed E-state index contributed by atoms with van der Waals surface area (Å²) in [5.41, 5.74) is 14.6. The minimum Gasteiger partial charge on any atom is -0.510 e. The number of hydrogen-bond donors (Lipinski definition) is 3. The summed E-state index contributed by atoms with van der Waals surface area (Å²) in [6, 6.07) is 9.56. The number of carbonyl (C=O) groups is 1. The van der Waals surface area contributed by atoms with Crippen LogP contribution in [-0.2, 0) is 14.6 Å². The molecule has 0 heterocycles. The van der Waals surface area contributed by atoms with Gasteiger partial charge in [0.2, 0.25) is 0 Å². The average molecular weight is 461 g/mol. The third-order valence-electron chi connectivity index (χ3n) is 4.74. The van der Waals surface area contributed by atoms with E-state index in [-0.39, 0.29) is 27.9 Å². The number of anilines is 1. The van der Waals surface area contributed by atoms with Gasteiger partial charge in [0.1, 0.15) is 11.5 Å². The molecule has 2 aromatic rings. The molecule has 0 fully saturated rings. The van der Waals surface area contributed by atoms with Gasteiger partial charge in [0.05, 0.1) is 12.9 Å². The molecule has 2 aromatic carbocycles. The normalized spacial score (nSPS) is 15.6. The second-order valence-electron chi connectivity index (χ2n) is 6.73. The number of phenols is 1. The van der Waals surface area contributed by atoms with E-state index >= 15 is 0 Å². The van der Waals surface area contributed by atoms with Gasteiger partial charge in [-0.15, -0.1) is 0 Å². The lowest BCUT2D eigenvalue weighted by Crippen LogP contribution is -2.38. The SMILES string of the molecule is CCS(=O)(=O)C1=CC=C(O)C(N)C1=[N+]=[N-].COC(=O)N(C)c1ccc2ccc(O)cc2c1. The second kappa shape index (κ2) is 10.1. The van der Waals surface area contributed by atoms with Crippen molar-refractivity contribution < 1.29 is 33.0 Å². The minimum atomic E-state index is -3.50. The fraction of sp³-hybridized carbons (Fsp3) is 0.238. The number of aromatic hydroxyl groups is 1. The van der Waals surface area contributed by atoms with Crippen molar-refractivity contribution >= 4 is 38.1 Å². The summed E-state index contributed by atoms with van der Waals surface area (Å²) < 4.78 is 27.7. The van der Waals surface area contributed by atoms with Gasteiger partial charge in [0.15, 0.2) is 20.8 Å². The molecule has 0 saturated carbocycles. The first-order chi connectivity index (χ1) is 15.0. The smallest absolute Gasteiger partial charge is 0.413 e. The molecular formula is C21H24N4O6S. The molecule has 1 aliphatic rings. The summed E-state index contributed by atoms with van der Waals surface area (Å²) >= 11 is 0. The van der Waals surface area contributed by atoms with E-state index in [9.17, 15) is 23.4 Å². The number of ether oxygens (including phenoxy) is 1. The van der Waals surface area contributed by atoms with Crippen molar-refractivity contribution in [3.05, 3.63) is 64.7 Å². The van der Waals surface area contributed by atoms with E-state index < -0.39 is 22.0 Å². The zero-order valence-electron chi connectivity index (χ0n) is 17.8. The monoisotopic (exact) mass is 460 g/mol. The number of amides is 1. The van der Waals surface area contributed by atoms with Crippen LogP contribution < -0.4 is 10.6 Å². The Balaban J connectivity index is 0.000000229. The summed E-state index contributed by atoms with van der Waals surface area (Å²) in [6.45, 7) is 1.47. The Morgan fingerprint density at radius 1 is 1.19 bits per heavy atom. The van der Waals surface area contributed by atoms with E-state index in [1.165, 1.54) is 31.1 Å². The number of nitrogens with zero attached hydrogens (tertiary/aromatic N) is 3. The number of benzene rings is 2. The van der Waals surface area contributed by atoms with E-state index in [2.05, 4.69) is 9.53 Å². The fourth-order valence-electron chi connectivity index (χ4n) is 2.85. The van der Waals surface area contributed by atoms with Gasteiger partial charge in [-0.2, -0.15) is 4.79 Å². The van der Waals surface area contributed by atoms with Crippen molar-refractivity contribution in [2.24, 2.45) is 5.73 Å². The Kier molecular flexibility index (Phi) is 7.77. The lowest BCUT2D eigenvalue weighted by Gasteiger charge is -2.16. The van der Waals surface area contributed by atoms with Gasteiger partial charge >= 0.3 is 11.8 Å². The van der Waals surface area contributed by atoms with Crippen LogP contribution in [0.3, 0.4) is 0 Å². The number of allylic oxidation sites excluding steroid dienone is 2. The first-order valence-electron chi connectivity index (χ1n) is 9.41. The average Bonchev–Trinajstić information content (AvgIpc) is 2.79. The van der Waals surface area contributed by atoms with Crippen LogP contribution >= 0.6 is 0 Å². The molecule has 10 nitrogen and oxygen atoms in total. The van der Waals surface area contributed by atoms with E-state index in [0.717, 1.165) is 16.5 Å². The predicted molar refractivity (Wildman–Crippen MR) is 121 cm³/mol. The van der Waals surface area contributed by atoms with Gasteiger partial charge in [0.25, 0.3) is 0 Å². The molecule has 1 atom stereocenters. The van der Waals surface area contributed by atoms with Crippen molar-refractivity contribution in [3.63, 3.8) is 0 Å². The highest BCUT2D eigenvalue weighted by molar-refractivity contribution is 7.96. The maximum absolute atomic E-state index is 11.5. The van der Waals surface area contributed by atoms with Crippen LogP contribution in [0.5, 0.6) is 5.75 Å². The van der Waals surface area contributed by atoms with Crippen LogP contribution in [0.1, 0.15) is 6.92 Å². The topological polar surface area (TPSA) is 167 Å². The number of nitrogens with two attached hydrogens (primary N) is 1. The second-order valence-corrected chi connectivity index (χ2v) is 8.98. The Morgan fingerprint density at radius 2 is 1.84 bits per heavy atom. The summed E-state index contributed by atoms with van der Waals surface area (Å²) in [5.74, 6) is -0.160. The van der Waals surface area contributed by atoms with E-state index in [1.54, 1.807) is 19.2 Å².